The average molecular weight is 275 g/mol. The molecule has 1 aromatic heterocycles. The predicted molar refractivity (Wildman–Crippen MR) is 77.0 cm³/mol. The molecule has 1 aliphatic carbocycles. The van der Waals surface area contributed by atoms with Crippen LogP contribution in [0.1, 0.15) is 29.3 Å². The third kappa shape index (κ3) is 2.71. The Morgan fingerprint density at radius 3 is 2.84 bits per heavy atom. The molecule has 100 valence electrons. The van der Waals surface area contributed by atoms with Crippen molar-refractivity contribution in [2.45, 2.75) is 25.3 Å². The molecule has 2 aromatic rings. The van der Waals surface area contributed by atoms with Crippen LogP contribution in [-0.2, 0) is 6.54 Å². The first-order chi connectivity index (χ1) is 9.28. The summed E-state index contributed by atoms with van der Waals surface area (Å²) in [6.07, 6.45) is 2.54. The first kappa shape index (κ1) is 12.4. The molecule has 0 atom stereocenters. The third-order valence-corrected chi connectivity index (χ3v) is 4.48. The number of para-hydroxylation sites is 1. The molecule has 0 bridgehead atoms. The average Bonchev–Trinajstić information content (AvgIpc) is 3.17. The number of ether oxygens (including phenoxy) is 1. The van der Waals surface area contributed by atoms with Gasteiger partial charge in [0.2, 0.25) is 5.13 Å². The Labute approximate surface area is 117 Å². The Morgan fingerprint density at radius 1 is 1.32 bits per heavy atom. The molecule has 1 saturated carbocycles. The quantitative estimate of drug-likeness (QED) is 0.840. The van der Waals surface area contributed by atoms with Crippen molar-refractivity contribution in [3.8, 4) is 5.75 Å². The second-order valence-electron chi connectivity index (χ2n) is 4.87. The van der Waals surface area contributed by atoms with E-state index in [1.54, 1.807) is 18.4 Å². The van der Waals surface area contributed by atoms with Gasteiger partial charge in [0, 0.05) is 25.1 Å². The Kier molecular flexibility index (Phi) is 3.38. The van der Waals surface area contributed by atoms with Crippen LogP contribution in [0.4, 0.5) is 5.13 Å². The summed E-state index contributed by atoms with van der Waals surface area (Å²) >= 11 is 1.71. The molecule has 1 heterocycles. The monoisotopic (exact) mass is 275 g/mol. The van der Waals surface area contributed by atoms with Crippen molar-refractivity contribution in [2.75, 3.05) is 19.1 Å². The number of anilines is 1. The summed E-state index contributed by atoms with van der Waals surface area (Å²) in [5.41, 5.74) is 1.16. The molecule has 0 unspecified atom stereocenters. The molecule has 4 nitrogen and oxygen atoms in total. The van der Waals surface area contributed by atoms with E-state index >= 15 is 0 Å². The lowest BCUT2D eigenvalue weighted by atomic mass is 10.2. The number of nitrogens with zero attached hydrogens (tertiary/aromatic N) is 3. The molecule has 1 fully saturated rings. The lowest BCUT2D eigenvalue weighted by molar-refractivity contribution is 0.409. The fourth-order valence-corrected chi connectivity index (χ4v) is 3.01. The van der Waals surface area contributed by atoms with Gasteiger partial charge in [0.05, 0.1) is 7.11 Å². The molecule has 0 saturated heterocycles. The van der Waals surface area contributed by atoms with Gasteiger partial charge in [0.25, 0.3) is 0 Å². The SMILES string of the molecule is COc1ccccc1CN(C)c1nnc(C2CC2)s1. The van der Waals surface area contributed by atoms with Crippen molar-refractivity contribution in [1.82, 2.24) is 10.2 Å². The maximum Gasteiger partial charge on any atom is 0.208 e. The Balaban J connectivity index is 1.74. The summed E-state index contributed by atoms with van der Waals surface area (Å²) in [6, 6.07) is 8.08. The molecule has 19 heavy (non-hydrogen) atoms. The summed E-state index contributed by atoms with van der Waals surface area (Å²) in [5, 5.41) is 10.7. The van der Waals surface area contributed by atoms with E-state index in [4.69, 9.17) is 4.74 Å². The maximum atomic E-state index is 5.38. The fraction of sp³-hybridized carbons (Fsp3) is 0.429. The molecule has 0 N–H and O–H groups in total. The van der Waals surface area contributed by atoms with E-state index in [0.717, 1.165) is 23.0 Å². The highest BCUT2D eigenvalue weighted by Crippen LogP contribution is 2.42. The van der Waals surface area contributed by atoms with E-state index in [2.05, 4.69) is 21.2 Å². The number of hydrogen-bond acceptors (Lipinski definition) is 5. The van der Waals surface area contributed by atoms with E-state index in [1.807, 2.05) is 25.2 Å². The second-order valence-corrected chi connectivity index (χ2v) is 5.85. The van der Waals surface area contributed by atoms with Crippen molar-refractivity contribution < 1.29 is 4.74 Å². The number of hydrogen-bond donors (Lipinski definition) is 0. The van der Waals surface area contributed by atoms with Crippen LogP contribution in [-0.4, -0.2) is 24.4 Å². The van der Waals surface area contributed by atoms with Gasteiger partial charge in [-0.1, -0.05) is 29.5 Å². The van der Waals surface area contributed by atoms with Crippen LogP contribution in [0.3, 0.4) is 0 Å². The minimum Gasteiger partial charge on any atom is -0.496 e. The lowest BCUT2D eigenvalue weighted by Gasteiger charge is -2.16. The minimum absolute atomic E-state index is 0.672. The zero-order chi connectivity index (χ0) is 13.2. The summed E-state index contributed by atoms with van der Waals surface area (Å²) in [6.45, 7) is 0.781. The summed E-state index contributed by atoms with van der Waals surface area (Å²) in [5.74, 6) is 1.59. The zero-order valence-corrected chi connectivity index (χ0v) is 12.0. The highest BCUT2D eigenvalue weighted by atomic mass is 32.1. The number of rotatable bonds is 5. The Morgan fingerprint density at radius 2 is 2.11 bits per heavy atom. The highest BCUT2D eigenvalue weighted by molar-refractivity contribution is 7.15. The van der Waals surface area contributed by atoms with Crippen molar-refractivity contribution in [3.05, 3.63) is 34.8 Å². The molecule has 0 spiro atoms. The smallest absolute Gasteiger partial charge is 0.208 e. The van der Waals surface area contributed by atoms with Gasteiger partial charge in [0.1, 0.15) is 10.8 Å². The molecule has 5 heteroatoms. The zero-order valence-electron chi connectivity index (χ0n) is 11.2. The molecule has 0 radical (unpaired) electrons. The van der Waals surface area contributed by atoms with Crippen LogP contribution in [0.5, 0.6) is 5.75 Å². The standard InChI is InChI=1S/C14H17N3OS/c1-17(9-11-5-3-4-6-12(11)18-2)14-16-15-13(19-14)10-7-8-10/h3-6,10H,7-9H2,1-2H3. The van der Waals surface area contributed by atoms with E-state index in [-0.39, 0.29) is 0 Å². The van der Waals surface area contributed by atoms with E-state index in [0.29, 0.717) is 5.92 Å². The largest absolute Gasteiger partial charge is 0.496 e. The normalized spacial score (nSPS) is 14.4. The molecule has 0 aliphatic heterocycles. The van der Waals surface area contributed by atoms with Crippen LogP contribution in [0, 0.1) is 0 Å². The summed E-state index contributed by atoms with van der Waals surface area (Å²) in [7, 11) is 3.75. The number of benzene rings is 1. The second kappa shape index (κ2) is 5.17. The Bertz CT molecular complexity index is 565. The van der Waals surface area contributed by atoms with Gasteiger partial charge >= 0.3 is 0 Å². The van der Waals surface area contributed by atoms with Crippen LogP contribution >= 0.6 is 11.3 Å². The summed E-state index contributed by atoms with van der Waals surface area (Å²) in [4.78, 5) is 2.13. The number of aromatic nitrogens is 2. The van der Waals surface area contributed by atoms with Gasteiger partial charge in [-0.05, 0) is 18.9 Å². The summed E-state index contributed by atoms with van der Waals surface area (Å²) < 4.78 is 5.38. The van der Waals surface area contributed by atoms with Crippen LogP contribution in [0.2, 0.25) is 0 Å². The van der Waals surface area contributed by atoms with Gasteiger partial charge in [-0.25, -0.2) is 0 Å². The van der Waals surface area contributed by atoms with Crippen LogP contribution in [0.15, 0.2) is 24.3 Å². The van der Waals surface area contributed by atoms with Gasteiger partial charge < -0.3 is 9.64 Å². The Hall–Kier alpha value is -1.62. The van der Waals surface area contributed by atoms with Crippen molar-refractivity contribution in [1.29, 1.82) is 0 Å². The van der Waals surface area contributed by atoms with Crippen molar-refractivity contribution in [3.63, 3.8) is 0 Å². The van der Waals surface area contributed by atoms with E-state index in [9.17, 15) is 0 Å². The molecule has 1 aliphatic rings. The molecular formula is C14H17N3OS. The van der Waals surface area contributed by atoms with Gasteiger partial charge in [-0.3, -0.25) is 0 Å². The first-order valence-corrected chi connectivity index (χ1v) is 7.26. The maximum absolute atomic E-state index is 5.38. The topological polar surface area (TPSA) is 38.2 Å². The van der Waals surface area contributed by atoms with Gasteiger partial charge in [-0.2, -0.15) is 0 Å². The fourth-order valence-electron chi connectivity index (χ4n) is 2.03. The van der Waals surface area contributed by atoms with Crippen molar-refractivity contribution >= 4 is 16.5 Å². The van der Waals surface area contributed by atoms with Crippen LogP contribution < -0.4 is 9.64 Å². The lowest BCUT2D eigenvalue weighted by Crippen LogP contribution is -2.16. The third-order valence-electron chi connectivity index (χ3n) is 3.28. The van der Waals surface area contributed by atoms with Crippen molar-refractivity contribution in [2.24, 2.45) is 0 Å². The molecule has 1 aromatic carbocycles. The van der Waals surface area contributed by atoms with E-state index in [1.165, 1.54) is 17.8 Å². The number of methoxy groups -OCH3 is 1. The molecular weight excluding hydrogens is 258 g/mol. The van der Waals surface area contributed by atoms with E-state index < -0.39 is 0 Å². The molecule has 0 amide bonds. The van der Waals surface area contributed by atoms with Crippen LogP contribution in [0.25, 0.3) is 0 Å². The molecule has 3 rings (SSSR count). The van der Waals surface area contributed by atoms with Gasteiger partial charge in [-0.15, -0.1) is 10.2 Å². The minimum atomic E-state index is 0.672. The predicted octanol–water partition coefficient (Wildman–Crippen LogP) is 3.06. The highest BCUT2D eigenvalue weighted by Gasteiger charge is 2.28. The first-order valence-electron chi connectivity index (χ1n) is 6.44. The van der Waals surface area contributed by atoms with Gasteiger partial charge in [0.15, 0.2) is 0 Å².